The van der Waals surface area contributed by atoms with Gasteiger partial charge in [0, 0.05) is 0 Å². The van der Waals surface area contributed by atoms with E-state index in [1.807, 2.05) is 6.07 Å². The van der Waals surface area contributed by atoms with Crippen molar-refractivity contribution in [3.05, 3.63) is 70.7 Å². The fourth-order valence-corrected chi connectivity index (χ4v) is 7.06. The van der Waals surface area contributed by atoms with Gasteiger partial charge in [0.05, 0.1) is 0 Å². The monoisotopic (exact) mass is 559 g/mol. The number of rotatable bonds is 2. The second-order valence-corrected chi connectivity index (χ2v) is 11.3. The van der Waals surface area contributed by atoms with Gasteiger partial charge in [-0.15, -0.1) is 0 Å². The third-order valence-corrected chi connectivity index (χ3v) is 9.61. The summed E-state index contributed by atoms with van der Waals surface area (Å²) in [6.07, 6.45) is 1.75. The quantitative estimate of drug-likeness (QED) is 0.216. The molecule has 1 aromatic heterocycles. The zero-order valence-electron chi connectivity index (χ0n) is 16.7. The molecule has 5 rings (SSSR count). The summed E-state index contributed by atoms with van der Waals surface area (Å²) in [5.74, 6) is -0.570. The van der Waals surface area contributed by atoms with Gasteiger partial charge >= 0.3 is 199 Å². The standard InChI is InChI=1S/C23H17N3O2SSe2/c1-24-21(27)15(22(28)25(2)23(24)30)13-14-11-12-20(31-14)26-16-7-3-5-9-18(16)29-19-10-6-4-8-17(19)26/h3-13H,1-2H3. The average molecular weight is 557 g/mol. The SMILES string of the molecule is CN1C(=O)C(=Cc2ccc(N3c4ccccc4Sc4ccccc43)[se]2)C(=O)N(C)C1=[Se]. The van der Waals surface area contributed by atoms with Crippen molar-refractivity contribution in [2.75, 3.05) is 19.0 Å². The first-order chi connectivity index (χ1) is 15.0. The summed E-state index contributed by atoms with van der Waals surface area (Å²) in [6.45, 7) is 0. The van der Waals surface area contributed by atoms with Gasteiger partial charge < -0.3 is 0 Å². The van der Waals surface area contributed by atoms with Crippen molar-refractivity contribution in [2.24, 2.45) is 0 Å². The maximum absolute atomic E-state index is 12.7. The Hall–Kier alpha value is -2.34. The van der Waals surface area contributed by atoms with Gasteiger partial charge in [-0.05, 0) is 0 Å². The molecule has 2 aliphatic rings. The Balaban J connectivity index is 1.57. The Labute approximate surface area is 198 Å². The predicted octanol–water partition coefficient (Wildman–Crippen LogP) is 3.25. The number of carbonyl (C=O) groups is 2. The molecule has 1 saturated heterocycles. The molecule has 31 heavy (non-hydrogen) atoms. The molecule has 1 fully saturated rings. The Morgan fingerprint density at radius 2 is 1.39 bits per heavy atom. The molecule has 154 valence electrons. The van der Waals surface area contributed by atoms with Gasteiger partial charge in [0.2, 0.25) is 0 Å². The number of fused-ring (bicyclic) bond motifs is 2. The van der Waals surface area contributed by atoms with Crippen LogP contribution in [0.5, 0.6) is 0 Å². The first kappa shape index (κ1) is 20.6. The number of para-hydroxylation sites is 2. The molecular formula is C23H17N3O2SSe2. The molecule has 0 N–H and O–H groups in total. The minimum absolute atomic E-state index is 0.0464. The summed E-state index contributed by atoms with van der Waals surface area (Å²) in [4.78, 5) is 33.1. The molecule has 0 radical (unpaired) electrons. The van der Waals surface area contributed by atoms with Crippen LogP contribution in [0.4, 0.5) is 15.9 Å². The zero-order valence-corrected chi connectivity index (χ0v) is 21.0. The van der Waals surface area contributed by atoms with E-state index >= 15 is 0 Å². The van der Waals surface area contributed by atoms with Crippen LogP contribution in [0.1, 0.15) is 4.44 Å². The molecule has 0 atom stereocenters. The topological polar surface area (TPSA) is 43.9 Å². The molecule has 3 aromatic rings. The van der Waals surface area contributed by atoms with Crippen LogP contribution in [0.3, 0.4) is 0 Å². The number of benzene rings is 2. The molecule has 5 nitrogen and oxygen atoms in total. The molecule has 0 bridgehead atoms. The molecule has 0 saturated carbocycles. The Morgan fingerprint density at radius 1 is 0.839 bits per heavy atom. The molecule has 0 spiro atoms. The van der Waals surface area contributed by atoms with Gasteiger partial charge in [-0.2, -0.15) is 0 Å². The van der Waals surface area contributed by atoms with E-state index in [2.05, 4.69) is 75.1 Å². The number of anilines is 3. The van der Waals surface area contributed by atoms with Gasteiger partial charge in [-0.1, -0.05) is 0 Å². The summed E-state index contributed by atoms with van der Waals surface area (Å²) < 4.78 is 2.68. The van der Waals surface area contributed by atoms with E-state index in [0.29, 0.717) is 4.67 Å². The van der Waals surface area contributed by atoms with Gasteiger partial charge in [0.15, 0.2) is 0 Å². The molecule has 3 heterocycles. The summed E-state index contributed by atoms with van der Waals surface area (Å²) in [5.41, 5.74) is 2.51. The number of nitrogens with zero attached hydrogens (tertiary/aromatic N) is 3. The number of carbonyl (C=O) groups excluding carboxylic acids is 2. The molecule has 0 aliphatic carbocycles. The van der Waals surface area contributed by atoms with E-state index in [1.54, 1.807) is 31.9 Å². The predicted molar refractivity (Wildman–Crippen MR) is 126 cm³/mol. The first-order valence-electron chi connectivity index (χ1n) is 9.53. The Bertz CT molecular complexity index is 1210. The van der Waals surface area contributed by atoms with Crippen LogP contribution in [-0.4, -0.2) is 70.5 Å². The van der Waals surface area contributed by atoms with Crippen LogP contribution >= 0.6 is 11.8 Å². The molecule has 0 unspecified atom stereocenters. The third kappa shape index (κ3) is 3.45. The normalized spacial score (nSPS) is 15.9. The minimum atomic E-state index is -0.285. The fraction of sp³-hybridized carbons (Fsp3) is 0.0870. The van der Waals surface area contributed by atoms with Crippen LogP contribution in [0.15, 0.2) is 76.0 Å². The summed E-state index contributed by atoms with van der Waals surface area (Å²) >= 11 is 4.52. The van der Waals surface area contributed by atoms with Crippen molar-refractivity contribution in [3.8, 4) is 0 Å². The molecule has 2 aliphatic heterocycles. The fourth-order valence-electron chi connectivity index (χ4n) is 3.60. The van der Waals surface area contributed by atoms with E-state index in [0.717, 1.165) is 15.8 Å². The van der Waals surface area contributed by atoms with E-state index in [4.69, 9.17) is 0 Å². The summed E-state index contributed by atoms with van der Waals surface area (Å²) in [6, 6.07) is 20.9. The van der Waals surface area contributed by atoms with E-state index in [-0.39, 0.29) is 31.9 Å². The van der Waals surface area contributed by atoms with Crippen molar-refractivity contribution in [1.29, 1.82) is 0 Å². The maximum atomic E-state index is 12.7. The van der Waals surface area contributed by atoms with E-state index in [1.165, 1.54) is 24.2 Å². The number of hydrogen-bond acceptors (Lipinski definition) is 4. The van der Waals surface area contributed by atoms with E-state index in [9.17, 15) is 9.59 Å². The van der Waals surface area contributed by atoms with E-state index < -0.39 is 0 Å². The van der Waals surface area contributed by atoms with Crippen molar-refractivity contribution in [3.63, 3.8) is 0 Å². The average Bonchev–Trinajstić information content (AvgIpc) is 3.25. The van der Waals surface area contributed by atoms with Crippen molar-refractivity contribution < 1.29 is 9.59 Å². The van der Waals surface area contributed by atoms with Gasteiger partial charge in [-0.25, -0.2) is 0 Å². The number of amides is 2. The van der Waals surface area contributed by atoms with Crippen molar-refractivity contribution in [2.45, 2.75) is 9.79 Å². The Morgan fingerprint density at radius 3 is 1.97 bits per heavy atom. The molecule has 8 heteroatoms. The summed E-state index contributed by atoms with van der Waals surface area (Å²) in [7, 11) is 3.34. The second kappa shape index (κ2) is 7.97. The number of likely N-dealkylation sites (N-methyl/N-ethyl adjacent to an activating group) is 2. The molecule has 2 aromatic carbocycles. The van der Waals surface area contributed by atoms with Crippen LogP contribution in [0, 0.1) is 0 Å². The van der Waals surface area contributed by atoms with Crippen molar-refractivity contribution >= 4 is 80.3 Å². The van der Waals surface area contributed by atoms with Gasteiger partial charge in [0.25, 0.3) is 0 Å². The first-order valence-corrected chi connectivity index (χ1v) is 12.9. The van der Waals surface area contributed by atoms with Gasteiger partial charge in [0.1, 0.15) is 0 Å². The van der Waals surface area contributed by atoms with Crippen LogP contribution in [0.25, 0.3) is 6.08 Å². The molecule has 2 amide bonds. The number of hydrogen-bond donors (Lipinski definition) is 0. The van der Waals surface area contributed by atoms with Crippen LogP contribution < -0.4 is 4.90 Å². The zero-order chi connectivity index (χ0) is 21.7. The molecular weight excluding hydrogens is 540 g/mol. The van der Waals surface area contributed by atoms with Crippen LogP contribution in [-0.2, 0) is 9.59 Å². The van der Waals surface area contributed by atoms with Gasteiger partial charge in [-0.3, -0.25) is 0 Å². The summed E-state index contributed by atoms with van der Waals surface area (Å²) in [5, 5.41) is 0. The van der Waals surface area contributed by atoms with Crippen LogP contribution in [0.2, 0.25) is 0 Å². The van der Waals surface area contributed by atoms with Crippen molar-refractivity contribution in [1.82, 2.24) is 9.80 Å². The third-order valence-electron chi connectivity index (χ3n) is 5.20. The second-order valence-electron chi connectivity index (χ2n) is 7.12. The Kier molecular flexibility index (Phi) is 5.29.